The van der Waals surface area contributed by atoms with Gasteiger partial charge in [0.1, 0.15) is 6.54 Å². The van der Waals surface area contributed by atoms with Crippen LogP contribution in [0.2, 0.25) is 0 Å². The Hall–Kier alpha value is -2.46. The van der Waals surface area contributed by atoms with E-state index >= 15 is 0 Å². The van der Waals surface area contributed by atoms with E-state index in [9.17, 15) is 18.4 Å². The van der Waals surface area contributed by atoms with Crippen LogP contribution in [0.1, 0.15) is 0 Å². The Bertz CT molecular complexity index is 1040. The number of alkyl halides is 2. The number of likely N-dealkylation sites (N-methyl/N-ethyl adjacent to an activating group) is 1. The maximum atomic E-state index is 12.9. The molecule has 3 rings (SSSR count). The fraction of sp³-hybridized carbons (Fsp3) is 0.211. The topological polar surface area (TPSA) is 67.2 Å². The fourth-order valence-corrected chi connectivity index (χ4v) is 3.67. The Morgan fingerprint density at radius 3 is 2.62 bits per heavy atom. The summed E-state index contributed by atoms with van der Waals surface area (Å²) in [6.45, 7) is -0.376. The lowest BCUT2D eigenvalue weighted by Gasteiger charge is -2.18. The van der Waals surface area contributed by atoms with Gasteiger partial charge in [-0.3, -0.25) is 9.59 Å². The van der Waals surface area contributed by atoms with Crippen LogP contribution in [0.3, 0.4) is 0 Å². The summed E-state index contributed by atoms with van der Waals surface area (Å²) in [5, 5.41) is 2.78. The third-order valence-corrected chi connectivity index (χ3v) is 5.45. The van der Waals surface area contributed by atoms with Crippen LogP contribution in [-0.4, -0.2) is 45.6 Å². The van der Waals surface area contributed by atoms with Crippen molar-refractivity contribution in [2.24, 2.45) is 0 Å². The molecule has 2 aromatic carbocycles. The number of nitrogens with zero attached hydrogens (tertiary/aromatic N) is 3. The zero-order valence-corrected chi connectivity index (χ0v) is 17.7. The molecule has 1 heterocycles. The van der Waals surface area contributed by atoms with E-state index in [1.54, 1.807) is 42.5 Å². The molecule has 1 N–H and O–H groups in total. The third-order valence-electron chi connectivity index (χ3n) is 4.06. The molecular weight excluding hydrogens is 466 g/mol. The van der Waals surface area contributed by atoms with Crippen molar-refractivity contribution in [3.63, 3.8) is 0 Å². The first kappa shape index (κ1) is 21.3. The Balaban J connectivity index is 1.71. The second-order valence-electron chi connectivity index (χ2n) is 6.13. The number of carbonyl (C=O) groups is 2. The van der Waals surface area contributed by atoms with Crippen molar-refractivity contribution in [1.29, 1.82) is 0 Å². The van der Waals surface area contributed by atoms with Gasteiger partial charge >= 0.3 is 0 Å². The number of thioether (sulfide) groups is 1. The quantitative estimate of drug-likeness (QED) is 0.512. The SMILES string of the molecule is CN(CC(=O)Nc1ccccc1Br)C(=O)Cn1c(SC(F)F)nc2ccccc21. The molecule has 10 heteroatoms. The third kappa shape index (κ3) is 5.33. The van der Waals surface area contributed by atoms with E-state index in [1.807, 2.05) is 6.07 Å². The Morgan fingerprint density at radius 1 is 1.21 bits per heavy atom. The highest BCUT2D eigenvalue weighted by Gasteiger charge is 2.20. The molecule has 0 aliphatic carbocycles. The largest absolute Gasteiger partial charge is 0.335 e. The van der Waals surface area contributed by atoms with E-state index < -0.39 is 11.7 Å². The van der Waals surface area contributed by atoms with Gasteiger partial charge in [-0.2, -0.15) is 8.78 Å². The van der Waals surface area contributed by atoms with Gasteiger partial charge in [-0.1, -0.05) is 24.3 Å². The van der Waals surface area contributed by atoms with E-state index in [1.165, 1.54) is 16.5 Å². The van der Waals surface area contributed by atoms with Crippen molar-refractivity contribution >= 4 is 56.2 Å². The smallest absolute Gasteiger partial charge is 0.291 e. The number of imidazole rings is 1. The summed E-state index contributed by atoms with van der Waals surface area (Å²) in [7, 11) is 1.49. The molecule has 0 radical (unpaired) electrons. The number of hydrogen-bond donors (Lipinski definition) is 1. The van der Waals surface area contributed by atoms with Crippen molar-refractivity contribution < 1.29 is 18.4 Å². The van der Waals surface area contributed by atoms with Gasteiger partial charge in [-0.15, -0.1) is 0 Å². The summed E-state index contributed by atoms with van der Waals surface area (Å²) in [4.78, 5) is 30.3. The van der Waals surface area contributed by atoms with Crippen LogP contribution in [-0.2, 0) is 16.1 Å². The zero-order chi connectivity index (χ0) is 21.0. The number of benzene rings is 2. The molecule has 0 spiro atoms. The number of hydrogen-bond acceptors (Lipinski definition) is 4. The summed E-state index contributed by atoms with van der Waals surface area (Å²) in [5.74, 6) is -3.43. The fourth-order valence-electron chi connectivity index (χ4n) is 2.69. The highest BCUT2D eigenvalue weighted by atomic mass is 79.9. The monoisotopic (exact) mass is 482 g/mol. The van der Waals surface area contributed by atoms with Gasteiger partial charge in [0.25, 0.3) is 5.76 Å². The van der Waals surface area contributed by atoms with Crippen LogP contribution in [0.4, 0.5) is 14.5 Å². The lowest BCUT2D eigenvalue weighted by molar-refractivity contribution is -0.133. The van der Waals surface area contributed by atoms with Gasteiger partial charge < -0.3 is 14.8 Å². The van der Waals surface area contributed by atoms with Gasteiger partial charge in [-0.25, -0.2) is 4.98 Å². The maximum absolute atomic E-state index is 12.9. The number of carbonyl (C=O) groups excluding carboxylic acids is 2. The molecule has 0 saturated carbocycles. The minimum absolute atomic E-state index is 0.0561. The summed E-state index contributed by atoms with van der Waals surface area (Å²) >= 11 is 3.63. The van der Waals surface area contributed by atoms with Gasteiger partial charge in [0.05, 0.1) is 23.3 Å². The molecule has 3 aromatic rings. The summed E-state index contributed by atoms with van der Waals surface area (Å²) in [5.41, 5.74) is 1.70. The van der Waals surface area contributed by atoms with E-state index in [0.29, 0.717) is 16.7 Å². The number of nitrogens with one attached hydrogen (secondary N) is 1. The van der Waals surface area contributed by atoms with Gasteiger partial charge in [0, 0.05) is 11.5 Å². The number of fused-ring (bicyclic) bond motifs is 1. The van der Waals surface area contributed by atoms with Crippen molar-refractivity contribution in [1.82, 2.24) is 14.5 Å². The predicted octanol–water partition coefficient (Wildman–Crippen LogP) is 4.21. The van der Waals surface area contributed by atoms with Crippen molar-refractivity contribution in [2.45, 2.75) is 17.5 Å². The van der Waals surface area contributed by atoms with Crippen LogP contribution in [0, 0.1) is 0 Å². The van der Waals surface area contributed by atoms with E-state index in [2.05, 4.69) is 26.2 Å². The predicted molar refractivity (Wildman–Crippen MR) is 112 cm³/mol. The van der Waals surface area contributed by atoms with Crippen molar-refractivity contribution in [2.75, 3.05) is 18.9 Å². The minimum Gasteiger partial charge on any atom is -0.335 e. The van der Waals surface area contributed by atoms with Gasteiger partial charge in [0.2, 0.25) is 11.8 Å². The average Bonchev–Trinajstić information content (AvgIpc) is 3.00. The lowest BCUT2D eigenvalue weighted by Crippen LogP contribution is -2.37. The first-order valence-corrected chi connectivity index (χ1v) is 10.2. The van der Waals surface area contributed by atoms with Crippen LogP contribution in [0.25, 0.3) is 11.0 Å². The number of aromatic nitrogens is 2. The molecule has 6 nitrogen and oxygen atoms in total. The molecule has 29 heavy (non-hydrogen) atoms. The highest BCUT2D eigenvalue weighted by Crippen LogP contribution is 2.28. The maximum Gasteiger partial charge on any atom is 0.291 e. The molecular formula is C19H17BrF2N4O2S. The van der Waals surface area contributed by atoms with Crippen molar-refractivity contribution in [3.8, 4) is 0 Å². The Morgan fingerprint density at radius 2 is 1.90 bits per heavy atom. The number of amides is 2. The molecule has 0 atom stereocenters. The van der Waals surface area contributed by atoms with Crippen molar-refractivity contribution in [3.05, 3.63) is 53.0 Å². The second-order valence-corrected chi connectivity index (χ2v) is 7.94. The summed E-state index contributed by atoms with van der Waals surface area (Å²) in [6, 6.07) is 14.0. The van der Waals surface area contributed by atoms with Crippen LogP contribution in [0.5, 0.6) is 0 Å². The Labute approximate surface area is 178 Å². The molecule has 152 valence electrons. The molecule has 0 unspecified atom stereocenters. The van der Waals surface area contributed by atoms with Gasteiger partial charge in [0.15, 0.2) is 5.16 Å². The first-order chi connectivity index (χ1) is 13.8. The lowest BCUT2D eigenvalue weighted by atomic mass is 10.3. The second kappa shape index (κ2) is 9.36. The van der Waals surface area contributed by atoms with Gasteiger partial charge in [-0.05, 0) is 52.0 Å². The zero-order valence-electron chi connectivity index (χ0n) is 15.3. The number of para-hydroxylation sites is 3. The van der Waals surface area contributed by atoms with E-state index in [4.69, 9.17) is 0 Å². The molecule has 0 saturated heterocycles. The van der Waals surface area contributed by atoms with E-state index in [-0.39, 0.29) is 35.9 Å². The molecule has 2 amide bonds. The highest BCUT2D eigenvalue weighted by molar-refractivity contribution is 9.10. The van der Waals surface area contributed by atoms with Crippen LogP contribution in [0.15, 0.2) is 58.2 Å². The normalized spacial score (nSPS) is 11.1. The number of halogens is 3. The Kier molecular flexibility index (Phi) is 6.86. The van der Waals surface area contributed by atoms with Crippen LogP contribution < -0.4 is 5.32 Å². The molecule has 0 aliphatic rings. The first-order valence-electron chi connectivity index (χ1n) is 8.53. The number of anilines is 1. The molecule has 0 bridgehead atoms. The van der Waals surface area contributed by atoms with Crippen LogP contribution >= 0.6 is 27.7 Å². The average molecular weight is 483 g/mol. The molecule has 0 aliphatic heterocycles. The van der Waals surface area contributed by atoms with E-state index in [0.717, 1.165) is 4.47 Å². The number of rotatable bonds is 7. The molecule has 0 fully saturated rings. The summed E-state index contributed by atoms with van der Waals surface area (Å²) < 4.78 is 28.0. The summed E-state index contributed by atoms with van der Waals surface area (Å²) in [6.07, 6.45) is 0. The standard InChI is InChI=1S/C19H17BrF2N4O2S/c1-25(10-16(27)23-13-7-3-2-6-12(13)20)17(28)11-26-15-9-5-4-8-14(15)24-19(26)29-18(21)22/h2-9,18H,10-11H2,1H3,(H,23,27). The molecule has 1 aromatic heterocycles. The minimum atomic E-state index is -2.66.